The second-order valence-corrected chi connectivity index (χ2v) is 8.02. The summed E-state index contributed by atoms with van der Waals surface area (Å²) in [6, 6.07) is -1.11. The van der Waals surface area contributed by atoms with E-state index in [-0.39, 0.29) is 18.7 Å². The molecule has 0 saturated heterocycles. The summed E-state index contributed by atoms with van der Waals surface area (Å²) in [4.78, 5) is 33.2. The van der Waals surface area contributed by atoms with Crippen molar-refractivity contribution in [1.29, 1.82) is 0 Å². The molecule has 0 fully saturated rings. The summed E-state index contributed by atoms with van der Waals surface area (Å²) in [5.41, 5.74) is 0. The number of amides is 1. The predicted octanol–water partition coefficient (Wildman–Crippen LogP) is 3.47. The van der Waals surface area contributed by atoms with Gasteiger partial charge < -0.3 is 15.5 Å². The Labute approximate surface area is 179 Å². The average Bonchev–Trinajstić information content (AvgIpc) is 2.61. The number of carbonyl (C=O) groups excluding carboxylic acids is 1. The van der Waals surface area contributed by atoms with Gasteiger partial charge in [0.15, 0.2) is 0 Å². The van der Waals surface area contributed by atoms with Gasteiger partial charge in [-0.25, -0.2) is 4.79 Å². The van der Waals surface area contributed by atoms with Crippen LogP contribution in [0.4, 0.5) is 0 Å². The Bertz CT molecular complexity index is 571. The van der Waals surface area contributed by atoms with Crippen molar-refractivity contribution in [2.75, 3.05) is 0 Å². The largest absolute Gasteiger partial charge is 0.481 e. The lowest BCUT2D eigenvalue weighted by Gasteiger charge is -2.13. The summed E-state index contributed by atoms with van der Waals surface area (Å²) in [6.45, 7) is 2.22. The van der Waals surface area contributed by atoms with Crippen LogP contribution in [0, 0.1) is 0 Å². The van der Waals surface area contributed by atoms with E-state index in [2.05, 4.69) is 12.2 Å². The van der Waals surface area contributed by atoms with Crippen LogP contribution in [0.1, 0.15) is 96.8 Å². The van der Waals surface area contributed by atoms with Gasteiger partial charge in [-0.15, -0.1) is 0 Å². The molecule has 0 aliphatic rings. The Morgan fingerprint density at radius 1 is 0.767 bits per heavy atom. The van der Waals surface area contributed by atoms with E-state index in [1.54, 1.807) is 0 Å². The first-order valence-electron chi connectivity index (χ1n) is 10.4. The van der Waals surface area contributed by atoms with E-state index in [9.17, 15) is 14.4 Å². The summed E-state index contributed by atoms with van der Waals surface area (Å²) in [7, 11) is -4.67. The molecule has 0 radical (unpaired) electrons. The monoisotopic (exact) mass is 455 g/mol. The van der Waals surface area contributed by atoms with E-state index in [1.807, 2.05) is 0 Å². The Kier molecular flexibility index (Phi) is 19.6. The van der Waals surface area contributed by atoms with Crippen molar-refractivity contribution < 1.29 is 42.1 Å². The molecule has 0 aromatic heterocycles. The molecule has 0 bridgehead atoms. The van der Waals surface area contributed by atoms with Crippen molar-refractivity contribution in [2.45, 2.75) is 103 Å². The van der Waals surface area contributed by atoms with Crippen molar-refractivity contribution in [3.8, 4) is 0 Å². The molecule has 30 heavy (non-hydrogen) atoms. The maximum atomic E-state index is 11.7. The van der Waals surface area contributed by atoms with Gasteiger partial charge in [0, 0.05) is 12.8 Å². The number of hydrogen-bond donors (Lipinski definition) is 5. The molecule has 0 rings (SSSR count). The van der Waals surface area contributed by atoms with E-state index in [0.717, 1.165) is 19.3 Å². The van der Waals surface area contributed by atoms with E-state index in [4.69, 9.17) is 27.7 Å². The zero-order valence-electron chi connectivity index (χ0n) is 17.7. The maximum absolute atomic E-state index is 11.7. The molecule has 11 heteroatoms. The van der Waals surface area contributed by atoms with Crippen LogP contribution in [0.25, 0.3) is 0 Å². The van der Waals surface area contributed by atoms with E-state index >= 15 is 0 Å². The smallest absolute Gasteiger partial charge is 0.394 e. The van der Waals surface area contributed by atoms with Crippen LogP contribution in [-0.4, -0.2) is 51.6 Å². The van der Waals surface area contributed by atoms with Crippen LogP contribution in [0.2, 0.25) is 0 Å². The third kappa shape index (κ3) is 28.5. The second-order valence-electron chi connectivity index (χ2n) is 7.12. The lowest BCUT2D eigenvalue weighted by atomic mass is 10.0. The molecule has 1 amide bonds. The van der Waals surface area contributed by atoms with Crippen LogP contribution in [0.5, 0.6) is 0 Å². The van der Waals surface area contributed by atoms with Crippen molar-refractivity contribution in [1.82, 2.24) is 5.32 Å². The van der Waals surface area contributed by atoms with Gasteiger partial charge in [-0.3, -0.25) is 18.7 Å². The van der Waals surface area contributed by atoms with Gasteiger partial charge in [-0.05, 0) is 12.8 Å². The fourth-order valence-corrected chi connectivity index (χ4v) is 2.74. The molecule has 0 aromatic rings. The topological polar surface area (TPSA) is 178 Å². The predicted molar refractivity (Wildman–Crippen MR) is 112 cm³/mol. The van der Waals surface area contributed by atoms with Crippen LogP contribution in [0.15, 0.2) is 0 Å². The molecule has 178 valence electrons. The minimum absolute atomic E-state index is 0.0886. The summed E-state index contributed by atoms with van der Waals surface area (Å²) in [5.74, 6) is -2.56. The molecule has 10 nitrogen and oxygen atoms in total. The molecule has 0 unspecified atom stereocenters. The molecule has 0 aromatic carbocycles. The highest BCUT2D eigenvalue weighted by Crippen LogP contribution is 2.12. The average molecular weight is 456 g/mol. The highest BCUT2D eigenvalue weighted by molar-refractivity contribution is 7.79. The van der Waals surface area contributed by atoms with Gasteiger partial charge in [0.2, 0.25) is 5.91 Å². The third-order valence-corrected chi connectivity index (χ3v) is 4.29. The van der Waals surface area contributed by atoms with E-state index < -0.39 is 28.4 Å². The first-order valence-corrected chi connectivity index (χ1v) is 11.8. The number of carboxylic acid groups (broad SMARTS) is 2. The normalized spacial score (nSPS) is 11.8. The zero-order valence-corrected chi connectivity index (χ0v) is 18.5. The molecular weight excluding hydrogens is 418 g/mol. The number of hydrogen-bond acceptors (Lipinski definition) is 5. The number of rotatable bonds is 17. The van der Waals surface area contributed by atoms with Gasteiger partial charge in [-0.2, -0.15) is 8.42 Å². The Morgan fingerprint density at radius 2 is 1.17 bits per heavy atom. The number of nitrogens with one attached hydrogen (secondary N) is 1. The Hall–Kier alpha value is -1.72. The summed E-state index contributed by atoms with van der Waals surface area (Å²) in [6.07, 6.45) is 13.1. The van der Waals surface area contributed by atoms with Crippen molar-refractivity contribution in [2.24, 2.45) is 0 Å². The molecule has 0 aliphatic heterocycles. The van der Waals surface area contributed by atoms with Crippen molar-refractivity contribution in [3.63, 3.8) is 0 Å². The number of unbranched alkanes of at least 4 members (excludes halogenated alkanes) is 10. The lowest BCUT2D eigenvalue weighted by Crippen LogP contribution is -2.41. The van der Waals surface area contributed by atoms with Crippen LogP contribution >= 0.6 is 0 Å². The first-order chi connectivity index (χ1) is 14.0. The molecule has 0 spiro atoms. The van der Waals surface area contributed by atoms with E-state index in [1.165, 1.54) is 51.4 Å². The van der Waals surface area contributed by atoms with Gasteiger partial charge >= 0.3 is 22.3 Å². The number of carboxylic acids is 2. The first kappa shape index (κ1) is 30.5. The van der Waals surface area contributed by atoms with Gasteiger partial charge in [0.1, 0.15) is 6.04 Å². The van der Waals surface area contributed by atoms with Crippen molar-refractivity contribution >= 4 is 28.2 Å². The standard InChI is InChI=1S/C19H35NO5.H2O4S/c1-2-3-4-5-6-7-8-9-10-11-12-13-17(21)20-16(19(24)25)14-15-18(22)23;1-5(2,3)4/h16H,2-15H2,1H3,(H,20,21)(H,22,23)(H,24,25);(H2,1,2,3,4)/t16-;/m1./s1. The molecule has 0 saturated carbocycles. The minimum atomic E-state index is -4.67. The Morgan fingerprint density at radius 3 is 1.53 bits per heavy atom. The second kappa shape index (κ2) is 19.3. The highest BCUT2D eigenvalue weighted by atomic mass is 32.3. The molecule has 1 atom stereocenters. The third-order valence-electron chi connectivity index (χ3n) is 4.29. The van der Waals surface area contributed by atoms with Crippen LogP contribution in [-0.2, 0) is 24.8 Å². The van der Waals surface area contributed by atoms with Gasteiger partial charge in [0.25, 0.3) is 0 Å². The summed E-state index contributed by atoms with van der Waals surface area (Å²) >= 11 is 0. The van der Waals surface area contributed by atoms with Crippen molar-refractivity contribution in [3.05, 3.63) is 0 Å². The molecule has 5 N–H and O–H groups in total. The molecule has 0 aliphatic carbocycles. The lowest BCUT2D eigenvalue weighted by molar-refractivity contribution is -0.143. The zero-order chi connectivity index (χ0) is 23.4. The number of aliphatic carboxylic acids is 2. The quantitative estimate of drug-likeness (QED) is 0.162. The minimum Gasteiger partial charge on any atom is -0.481 e. The fraction of sp³-hybridized carbons (Fsp3) is 0.842. The van der Waals surface area contributed by atoms with Crippen LogP contribution < -0.4 is 5.32 Å². The van der Waals surface area contributed by atoms with E-state index in [0.29, 0.717) is 6.42 Å². The maximum Gasteiger partial charge on any atom is 0.394 e. The van der Waals surface area contributed by atoms with Gasteiger partial charge in [-0.1, -0.05) is 71.1 Å². The highest BCUT2D eigenvalue weighted by Gasteiger charge is 2.20. The summed E-state index contributed by atoms with van der Waals surface area (Å²) in [5, 5.41) is 20.0. The molecule has 0 heterocycles. The fourth-order valence-electron chi connectivity index (χ4n) is 2.74. The van der Waals surface area contributed by atoms with Gasteiger partial charge in [0.05, 0.1) is 0 Å². The summed E-state index contributed by atoms with van der Waals surface area (Å²) < 4.78 is 31.6. The molecular formula is C19H37NO9S. The van der Waals surface area contributed by atoms with Crippen LogP contribution in [0.3, 0.4) is 0 Å². The Balaban J connectivity index is 0. The number of carbonyl (C=O) groups is 3. The SMILES string of the molecule is CCCCCCCCCCCCCC(=O)N[C@H](CCC(=O)O)C(=O)O.O=S(=O)(O)O.